The summed E-state index contributed by atoms with van der Waals surface area (Å²) in [6, 6.07) is 10.0. The first-order valence-electron chi connectivity index (χ1n) is 7.47. The fourth-order valence-corrected chi connectivity index (χ4v) is 3.45. The molecule has 0 aromatic heterocycles. The third-order valence-electron chi connectivity index (χ3n) is 4.01. The Balaban J connectivity index is 2.20. The largest absolute Gasteiger partial charge is 0.319 e. The van der Waals surface area contributed by atoms with Crippen molar-refractivity contribution in [2.24, 2.45) is 0 Å². The van der Waals surface area contributed by atoms with Gasteiger partial charge in [0.15, 0.2) is 0 Å². The van der Waals surface area contributed by atoms with E-state index in [1.807, 2.05) is 49.1 Å². The van der Waals surface area contributed by atoms with Gasteiger partial charge in [0.2, 0.25) is 5.91 Å². The number of nitrogens with zero attached hydrogens (tertiary/aromatic N) is 1. The fourth-order valence-electron chi connectivity index (χ4n) is 2.78. The molecule has 4 unspecified atom stereocenters. The molecular weight excluding hydrogens is 284 g/mol. The Hall–Kier alpha value is -1.20. The molecule has 1 N–H and O–H groups in total. The summed E-state index contributed by atoms with van der Waals surface area (Å²) >= 11 is 0. The zero-order valence-electron chi connectivity index (χ0n) is 12.9. The zero-order valence-corrected chi connectivity index (χ0v) is 13.7. The van der Waals surface area contributed by atoms with Gasteiger partial charge in [-0.25, -0.2) is 0 Å². The second-order valence-electron chi connectivity index (χ2n) is 5.60. The Kier molecular flexibility index (Phi) is 5.53. The Labute approximate surface area is 129 Å². The molecule has 2 rings (SSSR count). The van der Waals surface area contributed by atoms with Gasteiger partial charge < -0.3 is 4.90 Å². The van der Waals surface area contributed by atoms with Crippen molar-refractivity contribution in [1.29, 1.82) is 0 Å². The van der Waals surface area contributed by atoms with Crippen LogP contribution in [-0.2, 0) is 15.6 Å². The summed E-state index contributed by atoms with van der Waals surface area (Å²) in [6.45, 7) is 4.06. The maximum absolute atomic E-state index is 12.6. The minimum atomic E-state index is -0.822. The molecule has 4 nitrogen and oxygen atoms in total. The lowest BCUT2D eigenvalue weighted by molar-refractivity contribution is -0.132. The molecule has 0 bridgehead atoms. The summed E-state index contributed by atoms with van der Waals surface area (Å²) in [5, 5.41) is 3.43. The van der Waals surface area contributed by atoms with Crippen molar-refractivity contribution < 1.29 is 9.00 Å². The third-order valence-corrected chi connectivity index (χ3v) is 4.82. The lowest BCUT2D eigenvalue weighted by Gasteiger charge is -2.30. The topological polar surface area (TPSA) is 49.4 Å². The monoisotopic (exact) mass is 308 g/mol. The molecule has 0 radical (unpaired) electrons. The van der Waals surface area contributed by atoms with E-state index in [-0.39, 0.29) is 24.2 Å². The van der Waals surface area contributed by atoms with Gasteiger partial charge in [0.25, 0.3) is 0 Å². The van der Waals surface area contributed by atoms with E-state index in [4.69, 9.17) is 0 Å². The van der Waals surface area contributed by atoms with Crippen LogP contribution < -0.4 is 5.32 Å². The predicted molar refractivity (Wildman–Crippen MR) is 86.3 cm³/mol. The van der Waals surface area contributed by atoms with Crippen LogP contribution in [0.1, 0.15) is 38.4 Å². The highest BCUT2D eigenvalue weighted by Crippen LogP contribution is 2.29. The number of benzene rings is 1. The molecular formula is C16H24N2O2S. The van der Waals surface area contributed by atoms with Crippen LogP contribution in [-0.4, -0.2) is 39.1 Å². The number of hydrogen-bond acceptors (Lipinski definition) is 3. The first-order chi connectivity index (χ1) is 10.0. The van der Waals surface area contributed by atoms with Crippen LogP contribution >= 0.6 is 0 Å². The number of amides is 1. The highest BCUT2D eigenvalue weighted by Gasteiger charge is 2.40. The number of nitrogens with one attached hydrogen (secondary N) is 1. The number of hydrogen-bond donors (Lipinski definition) is 1. The summed E-state index contributed by atoms with van der Waals surface area (Å²) in [4.78, 5) is 14.5. The molecule has 1 amide bonds. The van der Waals surface area contributed by atoms with Crippen LogP contribution in [0.25, 0.3) is 0 Å². The minimum Gasteiger partial charge on any atom is -0.319 e. The second-order valence-corrected chi connectivity index (χ2v) is 7.16. The van der Waals surface area contributed by atoms with Gasteiger partial charge in [0.05, 0.1) is 6.04 Å². The smallest absolute Gasteiger partial charge is 0.241 e. The molecule has 0 saturated carbocycles. The molecule has 1 saturated heterocycles. The molecule has 21 heavy (non-hydrogen) atoms. The van der Waals surface area contributed by atoms with Crippen molar-refractivity contribution in [2.45, 2.75) is 44.9 Å². The van der Waals surface area contributed by atoms with E-state index in [1.54, 1.807) is 6.26 Å². The van der Waals surface area contributed by atoms with Crippen molar-refractivity contribution in [3.8, 4) is 0 Å². The van der Waals surface area contributed by atoms with E-state index in [2.05, 4.69) is 5.32 Å². The van der Waals surface area contributed by atoms with Gasteiger partial charge in [-0.15, -0.1) is 0 Å². The van der Waals surface area contributed by atoms with Gasteiger partial charge in [-0.2, -0.15) is 0 Å². The molecule has 116 valence electrons. The van der Waals surface area contributed by atoms with Crippen molar-refractivity contribution >= 4 is 16.7 Å². The standard InChI is InChI=1S/C16H24N2O2S/c1-4-14-16(19)18(12(2)10-11-21(3)20)15(17-14)13-8-6-5-7-9-13/h5-9,12,14-15,17H,4,10-11H2,1-3H3. The fraction of sp³-hybridized carbons (Fsp3) is 0.562. The van der Waals surface area contributed by atoms with Crippen LogP contribution in [0.5, 0.6) is 0 Å². The molecule has 0 spiro atoms. The van der Waals surface area contributed by atoms with E-state index in [0.29, 0.717) is 5.75 Å². The molecule has 1 aliphatic rings. The van der Waals surface area contributed by atoms with E-state index in [9.17, 15) is 9.00 Å². The molecule has 1 aromatic rings. The number of carbonyl (C=O) groups is 1. The first kappa shape index (κ1) is 16.2. The maximum Gasteiger partial charge on any atom is 0.241 e. The van der Waals surface area contributed by atoms with Crippen molar-refractivity contribution in [1.82, 2.24) is 10.2 Å². The highest BCUT2D eigenvalue weighted by molar-refractivity contribution is 7.84. The third kappa shape index (κ3) is 3.71. The van der Waals surface area contributed by atoms with Gasteiger partial charge >= 0.3 is 0 Å². The van der Waals surface area contributed by atoms with Crippen LogP contribution in [0.15, 0.2) is 30.3 Å². The second kappa shape index (κ2) is 7.18. The van der Waals surface area contributed by atoms with Gasteiger partial charge in [-0.3, -0.25) is 14.3 Å². The van der Waals surface area contributed by atoms with Gasteiger partial charge in [0, 0.05) is 28.9 Å². The molecule has 1 heterocycles. The van der Waals surface area contributed by atoms with E-state index < -0.39 is 10.8 Å². The molecule has 0 aliphatic carbocycles. The average Bonchev–Trinajstić information content (AvgIpc) is 2.82. The van der Waals surface area contributed by atoms with Crippen LogP contribution in [0.3, 0.4) is 0 Å². The SMILES string of the molecule is CCC1NC(c2ccccc2)N(C(C)CCS(C)=O)C1=O. The predicted octanol–water partition coefficient (Wildman–Crippen LogP) is 2.05. The summed E-state index contributed by atoms with van der Waals surface area (Å²) < 4.78 is 11.3. The number of rotatable bonds is 6. The Morgan fingerprint density at radius 1 is 1.33 bits per heavy atom. The van der Waals surface area contributed by atoms with Crippen LogP contribution in [0.4, 0.5) is 0 Å². The van der Waals surface area contributed by atoms with Crippen molar-refractivity contribution in [2.75, 3.05) is 12.0 Å². The van der Waals surface area contributed by atoms with Crippen molar-refractivity contribution in [3.63, 3.8) is 0 Å². The van der Waals surface area contributed by atoms with Crippen LogP contribution in [0.2, 0.25) is 0 Å². The first-order valence-corrected chi connectivity index (χ1v) is 9.20. The Morgan fingerprint density at radius 2 is 2.00 bits per heavy atom. The molecule has 1 aliphatic heterocycles. The van der Waals surface area contributed by atoms with Gasteiger partial charge in [-0.1, -0.05) is 37.3 Å². The quantitative estimate of drug-likeness (QED) is 0.875. The minimum absolute atomic E-state index is 0.0793. The summed E-state index contributed by atoms with van der Waals surface area (Å²) in [7, 11) is -0.822. The van der Waals surface area contributed by atoms with Crippen LogP contribution in [0, 0.1) is 0 Å². The Morgan fingerprint density at radius 3 is 2.57 bits per heavy atom. The summed E-state index contributed by atoms with van der Waals surface area (Å²) in [5.41, 5.74) is 1.10. The summed E-state index contributed by atoms with van der Waals surface area (Å²) in [5.74, 6) is 0.782. The normalized spacial score (nSPS) is 25.1. The molecule has 1 fully saturated rings. The van der Waals surface area contributed by atoms with Gasteiger partial charge in [0.1, 0.15) is 6.17 Å². The maximum atomic E-state index is 12.6. The average molecular weight is 308 g/mol. The summed E-state index contributed by atoms with van der Waals surface area (Å²) in [6.07, 6.45) is 3.17. The lowest BCUT2D eigenvalue weighted by atomic mass is 10.1. The molecule has 1 aromatic carbocycles. The number of carbonyl (C=O) groups excluding carboxylic acids is 1. The lowest BCUT2D eigenvalue weighted by Crippen LogP contribution is -2.39. The van der Waals surface area contributed by atoms with Crippen molar-refractivity contribution in [3.05, 3.63) is 35.9 Å². The van der Waals surface area contributed by atoms with Gasteiger partial charge in [-0.05, 0) is 25.3 Å². The molecule has 5 heteroatoms. The van der Waals surface area contributed by atoms with E-state index in [1.165, 1.54) is 0 Å². The highest BCUT2D eigenvalue weighted by atomic mass is 32.2. The Bertz CT molecular complexity index is 506. The molecule has 4 atom stereocenters. The van der Waals surface area contributed by atoms with E-state index >= 15 is 0 Å². The van der Waals surface area contributed by atoms with E-state index in [0.717, 1.165) is 18.4 Å². The zero-order chi connectivity index (χ0) is 15.4.